The zero-order valence-corrected chi connectivity index (χ0v) is 11.0. The van der Waals surface area contributed by atoms with Gasteiger partial charge in [-0.2, -0.15) is 5.26 Å². The highest BCUT2D eigenvalue weighted by Crippen LogP contribution is 2.21. The molecule has 1 aliphatic carbocycles. The second-order valence-electron chi connectivity index (χ2n) is 5.68. The van der Waals surface area contributed by atoms with Crippen molar-refractivity contribution in [1.82, 2.24) is 15.1 Å². The highest BCUT2D eigenvalue weighted by Gasteiger charge is 2.30. The first-order valence-electron chi connectivity index (χ1n) is 6.73. The van der Waals surface area contributed by atoms with E-state index in [0.29, 0.717) is 12.1 Å². The van der Waals surface area contributed by atoms with E-state index in [9.17, 15) is 5.26 Å². The molecule has 0 bridgehead atoms. The van der Waals surface area contributed by atoms with Crippen molar-refractivity contribution in [3.8, 4) is 6.07 Å². The number of likely N-dealkylation sites (N-methyl/N-ethyl adjacent to an activating group) is 1. The summed E-state index contributed by atoms with van der Waals surface area (Å²) in [6.45, 7) is 3.16. The maximum Gasteiger partial charge on any atom is 0.108 e. The number of nitrogens with zero attached hydrogens (tertiary/aromatic N) is 3. The standard InChI is InChI=1S/C13H24N4/c1-16(2)10-13-4-3-7-17(13)9-12(8-14)15-11-5-6-11/h11-13,15H,3-7,9-10H2,1-2H3. The van der Waals surface area contributed by atoms with Crippen LogP contribution in [0.2, 0.25) is 0 Å². The van der Waals surface area contributed by atoms with Crippen LogP contribution in [-0.4, -0.2) is 61.7 Å². The Hall–Kier alpha value is -0.630. The molecule has 96 valence electrons. The van der Waals surface area contributed by atoms with Crippen molar-refractivity contribution in [3.63, 3.8) is 0 Å². The van der Waals surface area contributed by atoms with Crippen LogP contribution in [0.3, 0.4) is 0 Å². The average Bonchev–Trinajstić information content (AvgIpc) is 2.99. The lowest BCUT2D eigenvalue weighted by Gasteiger charge is -2.28. The van der Waals surface area contributed by atoms with E-state index in [2.05, 4.69) is 35.3 Å². The lowest BCUT2D eigenvalue weighted by molar-refractivity contribution is 0.198. The first-order valence-corrected chi connectivity index (χ1v) is 6.73. The third kappa shape index (κ3) is 3.95. The summed E-state index contributed by atoms with van der Waals surface area (Å²) >= 11 is 0. The number of nitrogens with one attached hydrogen (secondary N) is 1. The lowest BCUT2D eigenvalue weighted by Crippen LogP contribution is -2.45. The molecule has 2 rings (SSSR count). The highest BCUT2D eigenvalue weighted by molar-refractivity contribution is 4.99. The van der Waals surface area contributed by atoms with Crippen LogP contribution in [0.4, 0.5) is 0 Å². The molecule has 1 heterocycles. The average molecular weight is 236 g/mol. The molecule has 1 saturated heterocycles. The van der Waals surface area contributed by atoms with Gasteiger partial charge >= 0.3 is 0 Å². The van der Waals surface area contributed by atoms with Gasteiger partial charge in [0.05, 0.1) is 6.07 Å². The molecule has 17 heavy (non-hydrogen) atoms. The normalized spacial score (nSPS) is 27.3. The van der Waals surface area contributed by atoms with E-state index in [0.717, 1.165) is 19.6 Å². The van der Waals surface area contributed by atoms with Crippen LogP contribution >= 0.6 is 0 Å². The summed E-state index contributed by atoms with van der Waals surface area (Å²) in [6, 6.07) is 3.69. The molecule has 4 heteroatoms. The van der Waals surface area contributed by atoms with Crippen molar-refractivity contribution in [2.45, 2.75) is 43.8 Å². The van der Waals surface area contributed by atoms with Gasteiger partial charge in [0.25, 0.3) is 0 Å². The molecule has 0 radical (unpaired) electrons. The summed E-state index contributed by atoms with van der Waals surface area (Å²) in [4.78, 5) is 4.74. The Morgan fingerprint density at radius 1 is 1.41 bits per heavy atom. The molecule has 2 unspecified atom stereocenters. The summed E-state index contributed by atoms with van der Waals surface area (Å²) < 4.78 is 0. The van der Waals surface area contributed by atoms with Gasteiger partial charge in [0, 0.05) is 25.2 Å². The summed E-state index contributed by atoms with van der Waals surface area (Å²) in [5, 5.41) is 12.6. The van der Waals surface area contributed by atoms with Gasteiger partial charge in [0.1, 0.15) is 6.04 Å². The van der Waals surface area contributed by atoms with Gasteiger partial charge in [-0.05, 0) is 46.3 Å². The molecule has 1 aliphatic heterocycles. The summed E-state index contributed by atoms with van der Waals surface area (Å²) in [7, 11) is 4.25. The number of rotatable bonds is 6. The molecule has 0 amide bonds. The topological polar surface area (TPSA) is 42.3 Å². The van der Waals surface area contributed by atoms with Crippen molar-refractivity contribution < 1.29 is 0 Å². The van der Waals surface area contributed by atoms with E-state index in [4.69, 9.17) is 0 Å². The minimum atomic E-state index is 0.0188. The van der Waals surface area contributed by atoms with E-state index in [1.54, 1.807) is 0 Å². The number of likely N-dealkylation sites (tertiary alicyclic amines) is 1. The Kier molecular flexibility index (Phi) is 4.38. The number of hydrogen-bond acceptors (Lipinski definition) is 4. The molecule has 0 spiro atoms. The van der Waals surface area contributed by atoms with Crippen LogP contribution in [0.5, 0.6) is 0 Å². The Morgan fingerprint density at radius 3 is 2.76 bits per heavy atom. The molecule has 1 saturated carbocycles. The number of hydrogen-bond donors (Lipinski definition) is 1. The van der Waals surface area contributed by atoms with E-state index in [1.807, 2.05) is 0 Å². The molecule has 4 nitrogen and oxygen atoms in total. The smallest absolute Gasteiger partial charge is 0.108 e. The zero-order valence-electron chi connectivity index (χ0n) is 11.0. The van der Waals surface area contributed by atoms with Crippen molar-refractivity contribution in [3.05, 3.63) is 0 Å². The predicted octanol–water partition coefficient (Wildman–Crippen LogP) is 0.657. The summed E-state index contributed by atoms with van der Waals surface area (Å²) in [5.41, 5.74) is 0. The highest BCUT2D eigenvalue weighted by atomic mass is 15.2. The van der Waals surface area contributed by atoms with E-state index >= 15 is 0 Å². The zero-order chi connectivity index (χ0) is 12.3. The van der Waals surface area contributed by atoms with Crippen molar-refractivity contribution >= 4 is 0 Å². The minimum absolute atomic E-state index is 0.0188. The van der Waals surface area contributed by atoms with Gasteiger partial charge in [-0.25, -0.2) is 0 Å². The van der Waals surface area contributed by atoms with Gasteiger partial charge < -0.3 is 4.90 Å². The van der Waals surface area contributed by atoms with Crippen LogP contribution in [0.1, 0.15) is 25.7 Å². The van der Waals surface area contributed by atoms with Gasteiger partial charge in [-0.1, -0.05) is 0 Å². The van der Waals surface area contributed by atoms with Crippen molar-refractivity contribution in [1.29, 1.82) is 5.26 Å². The molecule has 0 aromatic carbocycles. The fourth-order valence-electron chi connectivity index (χ4n) is 2.66. The molecule has 0 aromatic rings. The molecule has 2 atom stereocenters. The Bertz CT molecular complexity index is 280. The minimum Gasteiger partial charge on any atom is -0.308 e. The fraction of sp³-hybridized carbons (Fsp3) is 0.923. The van der Waals surface area contributed by atoms with E-state index in [1.165, 1.54) is 25.7 Å². The molecule has 1 N–H and O–H groups in total. The van der Waals surface area contributed by atoms with Crippen LogP contribution in [0.25, 0.3) is 0 Å². The van der Waals surface area contributed by atoms with Crippen LogP contribution in [-0.2, 0) is 0 Å². The first kappa shape index (κ1) is 12.8. The molecular weight excluding hydrogens is 212 g/mol. The summed E-state index contributed by atoms with van der Waals surface area (Å²) in [6.07, 6.45) is 5.05. The first-order chi connectivity index (χ1) is 8.19. The van der Waals surface area contributed by atoms with Crippen molar-refractivity contribution in [2.24, 2.45) is 0 Å². The third-order valence-corrected chi connectivity index (χ3v) is 3.66. The van der Waals surface area contributed by atoms with Crippen molar-refractivity contribution in [2.75, 3.05) is 33.7 Å². The van der Waals surface area contributed by atoms with Crippen LogP contribution in [0.15, 0.2) is 0 Å². The fourth-order valence-corrected chi connectivity index (χ4v) is 2.66. The predicted molar refractivity (Wildman–Crippen MR) is 68.7 cm³/mol. The quantitative estimate of drug-likeness (QED) is 0.735. The Morgan fingerprint density at radius 2 is 2.18 bits per heavy atom. The Balaban J connectivity index is 1.80. The SMILES string of the molecule is CN(C)CC1CCCN1CC(C#N)NC1CC1. The van der Waals surface area contributed by atoms with Gasteiger partial charge in [0.15, 0.2) is 0 Å². The van der Waals surface area contributed by atoms with E-state index in [-0.39, 0.29) is 6.04 Å². The largest absolute Gasteiger partial charge is 0.308 e. The van der Waals surface area contributed by atoms with Gasteiger partial charge in [-0.3, -0.25) is 10.2 Å². The van der Waals surface area contributed by atoms with Gasteiger partial charge in [-0.15, -0.1) is 0 Å². The second-order valence-corrected chi connectivity index (χ2v) is 5.68. The number of nitriles is 1. The maximum absolute atomic E-state index is 9.18. The molecular formula is C13H24N4. The molecule has 2 aliphatic rings. The molecule has 0 aromatic heterocycles. The second kappa shape index (κ2) is 5.81. The Labute approximate surface area is 105 Å². The summed E-state index contributed by atoms with van der Waals surface area (Å²) in [5.74, 6) is 0. The lowest BCUT2D eigenvalue weighted by atomic mass is 10.2. The molecule has 2 fully saturated rings. The van der Waals surface area contributed by atoms with Crippen LogP contribution < -0.4 is 5.32 Å². The van der Waals surface area contributed by atoms with Gasteiger partial charge in [0.2, 0.25) is 0 Å². The van der Waals surface area contributed by atoms with E-state index < -0.39 is 0 Å². The maximum atomic E-state index is 9.18. The van der Waals surface area contributed by atoms with Crippen LogP contribution in [0, 0.1) is 11.3 Å². The third-order valence-electron chi connectivity index (χ3n) is 3.66. The monoisotopic (exact) mass is 236 g/mol.